The largest absolute Gasteiger partial charge is 0.392 e. The number of nitrogens with one attached hydrogen (secondary N) is 2. The first-order chi connectivity index (χ1) is 11.6. The highest BCUT2D eigenvalue weighted by Gasteiger charge is 2.29. The van der Waals surface area contributed by atoms with Crippen molar-refractivity contribution in [3.8, 4) is 11.3 Å². The minimum absolute atomic E-state index is 0.0566. The topological polar surface area (TPSA) is 81.2 Å². The maximum atomic E-state index is 12.3. The molecule has 1 fully saturated rings. The zero-order valence-corrected chi connectivity index (χ0v) is 13.9. The molecule has 0 aliphatic carbocycles. The van der Waals surface area contributed by atoms with E-state index in [0.717, 1.165) is 29.8 Å². The zero-order chi connectivity index (χ0) is 16.9. The number of hydrogen-bond donors (Lipinski definition) is 3. The van der Waals surface area contributed by atoms with E-state index in [1.165, 1.54) is 0 Å². The third kappa shape index (κ3) is 4.01. The molecular weight excluding hydrogens is 304 g/mol. The van der Waals surface area contributed by atoms with Crippen LogP contribution in [0.3, 0.4) is 0 Å². The van der Waals surface area contributed by atoms with Gasteiger partial charge in [-0.15, -0.1) is 0 Å². The summed E-state index contributed by atoms with van der Waals surface area (Å²) in [6, 6.07) is 11.9. The summed E-state index contributed by atoms with van der Waals surface area (Å²) < 4.78 is 0. The highest BCUT2D eigenvalue weighted by Crippen LogP contribution is 2.17. The molecule has 0 saturated carbocycles. The molecule has 0 radical (unpaired) electrons. The van der Waals surface area contributed by atoms with Crippen molar-refractivity contribution in [2.75, 3.05) is 20.1 Å². The first kappa shape index (κ1) is 16.7. The third-order valence-corrected chi connectivity index (χ3v) is 4.42. The van der Waals surface area contributed by atoms with Gasteiger partial charge in [0, 0.05) is 31.4 Å². The van der Waals surface area contributed by atoms with E-state index in [0.29, 0.717) is 19.5 Å². The number of nitrogens with zero attached hydrogens (tertiary/aromatic N) is 2. The lowest BCUT2D eigenvalue weighted by Crippen LogP contribution is -2.42. The number of H-pyrrole nitrogens is 1. The quantitative estimate of drug-likeness (QED) is 0.744. The van der Waals surface area contributed by atoms with Crippen LogP contribution < -0.4 is 5.32 Å². The van der Waals surface area contributed by atoms with Crippen molar-refractivity contribution in [3.63, 3.8) is 0 Å². The number of carbonyl (C=O) groups excluding carboxylic acids is 1. The minimum atomic E-state index is -0.409. The van der Waals surface area contributed by atoms with Crippen LogP contribution in [0.5, 0.6) is 0 Å². The number of hydrogen-bond acceptors (Lipinski definition) is 4. The molecule has 1 aliphatic rings. The van der Waals surface area contributed by atoms with E-state index in [2.05, 4.69) is 21.6 Å². The van der Waals surface area contributed by atoms with Crippen molar-refractivity contribution in [1.29, 1.82) is 0 Å². The second-order valence-corrected chi connectivity index (χ2v) is 6.36. The number of rotatable bonds is 6. The van der Waals surface area contributed by atoms with E-state index in [-0.39, 0.29) is 11.9 Å². The number of aromatic amines is 1. The Labute approximate surface area is 141 Å². The molecule has 0 spiro atoms. The number of amides is 1. The van der Waals surface area contributed by atoms with Gasteiger partial charge in [0.1, 0.15) is 0 Å². The van der Waals surface area contributed by atoms with Gasteiger partial charge in [0.25, 0.3) is 0 Å². The van der Waals surface area contributed by atoms with Gasteiger partial charge in [0.15, 0.2) is 0 Å². The summed E-state index contributed by atoms with van der Waals surface area (Å²) in [5.41, 5.74) is 3.11. The molecule has 1 aliphatic heterocycles. The van der Waals surface area contributed by atoms with Crippen molar-refractivity contribution in [2.24, 2.45) is 0 Å². The van der Waals surface area contributed by atoms with E-state index in [1.807, 2.05) is 37.4 Å². The molecule has 1 amide bonds. The molecule has 3 rings (SSSR count). The molecule has 6 nitrogen and oxygen atoms in total. The van der Waals surface area contributed by atoms with Crippen LogP contribution >= 0.6 is 0 Å². The number of aliphatic hydroxyl groups excluding tert-OH is 1. The second kappa shape index (κ2) is 7.59. The Bertz CT molecular complexity index is 671. The molecule has 24 heavy (non-hydrogen) atoms. The third-order valence-electron chi connectivity index (χ3n) is 4.42. The lowest BCUT2D eigenvalue weighted by atomic mass is 10.1. The average molecular weight is 328 g/mol. The maximum Gasteiger partial charge on any atom is 0.239 e. The number of β-amino-alcohol motifs (C(OH)–C–C–N with tert-alkyl or cyclic N) is 1. The highest BCUT2D eigenvalue weighted by molar-refractivity contribution is 5.82. The molecule has 3 N–H and O–H groups in total. The van der Waals surface area contributed by atoms with Crippen LogP contribution in [0.2, 0.25) is 0 Å². The zero-order valence-electron chi connectivity index (χ0n) is 13.9. The number of likely N-dealkylation sites (N-methyl/N-ethyl adjacent to an activating group) is 1. The molecule has 2 heterocycles. The van der Waals surface area contributed by atoms with Gasteiger partial charge in [-0.1, -0.05) is 30.3 Å². The van der Waals surface area contributed by atoms with Crippen LogP contribution in [0.25, 0.3) is 11.3 Å². The standard InChI is InChI=1S/C18H24N4O2/c1-22(18(24)17-11-15(23)12-19-17)9-5-8-14-10-16(21-20-14)13-6-3-2-4-7-13/h2-4,6-7,10,15,17,19,23H,5,8-9,11-12H2,1H3,(H,20,21). The van der Waals surface area contributed by atoms with Crippen molar-refractivity contribution >= 4 is 5.91 Å². The Morgan fingerprint density at radius 3 is 2.88 bits per heavy atom. The van der Waals surface area contributed by atoms with E-state index < -0.39 is 6.10 Å². The van der Waals surface area contributed by atoms with E-state index in [9.17, 15) is 9.90 Å². The lowest BCUT2D eigenvalue weighted by molar-refractivity contribution is -0.131. The van der Waals surface area contributed by atoms with Crippen LogP contribution in [0, 0.1) is 0 Å². The molecule has 128 valence electrons. The lowest BCUT2D eigenvalue weighted by Gasteiger charge is -2.20. The van der Waals surface area contributed by atoms with Crippen LogP contribution in [0.1, 0.15) is 18.5 Å². The Morgan fingerprint density at radius 1 is 1.38 bits per heavy atom. The molecule has 1 aromatic carbocycles. The summed E-state index contributed by atoms with van der Waals surface area (Å²) in [7, 11) is 1.82. The molecular formula is C18H24N4O2. The summed E-state index contributed by atoms with van der Waals surface area (Å²) in [6.07, 6.45) is 1.81. The first-order valence-electron chi connectivity index (χ1n) is 8.39. The molecule has 0 bridgehead atoms. The van der Waals surface area contributed by atoms with Gasteiger partial charge in [-0.05, 0) is 25.3 Å². The Hall–Kier alpha value is -2.18. The SMILES string of the molecule is CN(CCCc1cc(-c2ccccc2)n[nH]1)C(=O)C1CC(O)CN1. The summed E-state index contributed by atoms with van der Waals surface area (Å²) in [6.45, 7) is 1.19. The van der Waals surface area contributed by atoms with Gasteiger partial charge in [0.05, 0.1) is 17.8 Å². The predicted octanol–water partition coefficient (Wildman–Crippen LogP) is 1.19. The molecule has 2 atom stereocenters. The number of aliphatic hydroxyl groups is 1. The van der Waals surface area contributed by atoms with E-state index in [4.69, 9.17) is 0 Å². The normalized spacial score (nSPS) is 20.2. The highest BCUT2D eigenvalue weighted by atomic mass is 16.3. The monoisotopic (exact) mass is 328 g/mol. The van der Waals surface area contributed by atoms with Gasteiger partial charge >= 0.3 is 0 Å². The second-order valence-electron chi connectivity index (χ2n) is 6.36. The maximum absolute atomic E-state index is 12.3. The Morgan fingerprint density at radius 2 is 2.17 bits per heavy atom. The Kier molecular flexibility index (Phi) is 5.27. The first-order valence-corrected chi connectivity index (χ1v) is 8.39. The molecule has 6 heteroatoms. The van der Waals surface area contributed by atoms with E-state index in [1.54, 1.807) is 4.90 Å². The van der Waals surface area contributed by atoms with Crippen molar-refractivity contribution in [1.82, 2.24) is 20.4 Å². The van der Waals surface area contributed by atoms with Gasteiger partial charge in [-0.3, -0.25) is 9.89 Å². The fourth-order valence-electron chi connectivity index (χ4n) is 3.03. The van der Waals surface area contributed by atoms with Gasteiger partial charge in [0.2, 0.25) is 5.91 Å². The predicted molar refractivity (Wildman–Crippen MR) is 92.4 cm³/mol. The fraction of sp³-hybridized carbons (Fsp3) is 0.444. The smallest absolute Gasteiger partial charge is 0.239 e. The van der Waals surface area contributed by atoms with Gasteiger partial charge < -0.3 is 15.3 Å². The molecule has 2 aromatic rings. The Balaban J connectivity index is 1.46. The van der Waals surface area contributed by atoms with Gasteiger partial charge in [-0.25, -0.2) is 0 Å². The molecule has 1 aromatic heterocycles. The summed E-state index contributed by atoms with van der Waals surface area (Å²) >= 11 is 0. The summed E-state index contributed by atoms with van der Waals surface area (Å²) in [5.74, 6) is 0.0566. The number of aryl methyl sites for hydroxylation is 1. The average Bonchev–Trinajstić information content (AvgIpc) is 3.24. The fourth-order valence-corrected chi connectivity index (χ4v) is 3.03. The minimum Gasteiger partial charge on any atom is -0.392 e. The van der Waals surface area contributed by atoms with Crippen molar-refractivity contribution < 1.29 is 9.90 Å². The van der Waals surface area contributed by atoms with Gasteiger partial charge in [-0.2, -0.15) is 5.10 Å². The van der Waals surface area contributed by atoms with Crippen LogP contribution in [-0.2, 0) is 11.2 Å². The number of benzene rings is 1. The number of aromatic nitrogens is 2. The van der Waals surface area contributed by atoms with Crippen LogP contribution in [-0.4, -0.2) is 58.4 Å². The van der Waals surface area contributed by atoms with Crippen molar-refractivity contribution in [2.45, 2.75) is 31.4 Å². The van der Waals surface area contributed by atoms with Crippen molar-refractivity contribution in [3.05, 3.63) is 42.1 Å². The number of carbonyl (C=O) groups is 1. The van der Waals surface area contributed by atoms with E-state index >= 15 is 0 Å². The van der Waals surface area contributed by atoms with Crippen LogP contribution in [0.4, 0.5) is 0 Å². The summed E-state index contributed by atoms with van der Waals surface area (Å²) in [4.78, 5) is 14.0. The molecule has 1 saturated heterocycles. The summed E-state index contributed by atoms with van der Waals surface area (Å²) in [5, 5.41) is 20.0. The van der Waals surface area contributed by atoms with Crippen LogP contribution in [0.15, 0.2) is 36.4 Å². The molecule has 2 unspecified atom stereocenters.